The molecule has 0 rings (SSSR count). The zero-order valence-corrected chi connectivity index (χ0v) is 13.0. The summed E-state index contributed by atoms with van der Waals surface area (Å²) in [5.74, 6) is -0.267. The van der Waals surface area contributed by atoms with Crippen LogP contribution in [0.1, 0.15) is 89.9 Å². The third-order valence-corrected chi connectivity index (χ3v) is 3.73. The van der Waals surface area contributed by atoms with Crippen molar-refractivity contribution in [3.05, 3.63) is 0 Å². The molecule has 0 aromatic carbocycles. The van der Waals surface area contributed by atoms with E-state index in [1.165, 1.54) is 70.6 Å². The van der Waals surface area contributed by atoms with Gasteiger partial charge in [0.05, 0.1) is 0 Å². The Hall–Kier alpha value is -0.610. The van der Waals surface area contributed by atoms with Crippen molar-refractivity contribution in [2.24, 2.45) is 5.73 Å². The van der Waals surface area contributed by atoms with Gasteiger partial charge in [0.2, 0.25) is 5.91 Å². The molecule has 0 aliphatic rings. The molecule has 0 aliphatic carbocycles. The Kier molecular flexibility index (Phi) is 15.9. The summed E-state index contributed by atoms with van der Waals surface area (Å²) in [6.45, 7) is 0.838. The van der Waals surface area contributed by atoms with E-state index in [9.17, 15) is 4.79 Å². The van der Waals surface area contributed by atoms with Crippen LogP contribution < -0.4 is 11.2 Å². The lowest BCUT2D eigenvalue weighted by Crippen LogP contribution is -2.17. The van der Waals surface area contributed by atoms with Gasteiger partial charge in [0.1, 0.15) is 0 Å². The largest absolute Gasteiger partial charge is 0.330 e. The first-order chi connectivity index (χ1) is 9.81. The van der Waals surface area contributed by atoms with Gasteiger partial charge in [-0.25, -0.2) is 5.48 Å². The summed E-state index contributed by atoms with van der Waals surface area (Å²) in [6.07, 6.45) is 16.9. The zero-order chi connectivity index (χ0) is 14.9. The Labute approximate surface area is 124 Å². The highest BCUT2D eigenvalue weighted by Gasteiger charge is 1.98. The van der Waals surface area contributed by atoms with Crippen LogP contribution in [0.4, 0.5) is 0 Å². The third-order valence-electron chi connectivity index (χ3n) is 3.73. The lowest BCUT2D eigenvalue weighted by atomic mass is 10.0. The van der Waals surface area contributed by atoms with Crippen LogP contribution in [-0.2, 0) is 4.79 Å². The van der Waals surface area contributed by atoms with E-state index in [1.807, 2.05) is 0 Å². The van der Waals surface area contributed by atoms with Crippen molar-refractivity contribution in [1.82, 2.24) is 5.48 Å². The fraction of sp³-hybridized carbons (Fsp3) is 0.938. The molecule has 120 valence electrons. The van der Waals surface area contributed by atoms with Crippen molar-refractivity contribution >= 4 is 5.91 Å². The summed E-state index contributed by atoms with van der Waals surface area (Å²) in [6, 6.07) is 0. The Balaban J connectivity index is 2.97. The molecule has 0 radical (unpaired) electrons. The molecule has 0 heterocycles. The van der Waals surface area contributed by atoms with Gasteiger partial charge in [0, 0.05) is 6.42 Å². The van der Waals surface area contributed by atoms with E-state index in [4.69, 9.17) is 10.9 Å². The summed E-state index contributed by atoms with van der Waals surface area (Å²) in [5, 5.41) is 8.33. The Morgan fingerprint density at radius 1 is 0.700 bits per heavy atom. The van der Waals surface area contributed by atoms with Gasteiger partial charge in [0.25, 0.3) is 0 Å². The number of nitrogens with two attached hydrogens (primary N) is 1. The van der Waals surface area contributed by atoms with Crippen molar-refractivity contribution < 1.29 is 10.0 Å². The van der Waals surface area contributed by atoms with Crippen LogP contribution in [0.2, 0.25) is 0 Å². The molecule has 4 N–H and O–H groups in total. The molecular formula is C16H34N2O2. The van der Waals surface area contributed by atoms with E-state index in [0.29, 0.717) is 6.42 Å². The van der Waals surface area contributed by atoms with Crippen LogP contribution >= 0.6 is 0 Å². The Morgan fingerprint density at radius 3 is 1.40 bits per heavy atom. The minimum atomic E-state index is -0.267. The minimum Gasteiger partial charge on any atom is -0.330 e. The summed E-state index contributed by atoms with van der Waals surface area (Å²) in [5.41, 5.74) is 7.13. The van der Waals surface area contributed by atoms with Crippen LogP contribution in [0.15, 0.2) is 0 Å². The first kappa shape index (κ1) is 19.4. The molecular weight excluding hydrogens is 252 g/mol. The molecule has 0 saturated heterocycles. The quantitative estimate of drug-likeness (QED) is 0.243. The lowest BCUT2D eigenvalue weighted by molar-refractivity contribution is -0.129. The second-order valence-corrected chi connectivity index (χ2v) is 5.67. The Morgan fingerprint density at radius 2 is 1.05 bits per heavy atom. The molecule has 20 heavy (non-hydrogen) atoms. The number of rotatable bonds is 15. The molecule has 0 atom stereocenters. The van der Waals surface area contributed by atoms with Gasteiger partial charge in [0.15, 0.2) is 0 Å². The van der Waals surface area contributed by atoms with Crippen molar-refractivity contribution in [2.45, 2.75) is 89.9 Å². The summed E-state index contributed by atoms with van der Waals surface area (Å²) in [4.78, 5) is 10.8. The van der Waals surface area contributed by atoms with Crippen molar-refractivity contribution in [1.29, 1.82) is 0 Å². The third kappa shape index (κ3) is 15.4. The van der Waals surface area contributed by atoms with E-state index in [1.54, 1.807) is 5.48 Å². The average molecular weight is 286 g/mol. The zero-order valence-electron chi connectivity index (χ0n) is 13.0. The number of carbonyl (C=O) groups is 1. The smallest absolute Gasteiger partial charge is 0.243 e. The second kappa shape index (κ2) is 16.4. The lowest BCUT2D eigenvalue weighted by Gasteiger charge is -2.03. The van der Waals surface area contributed by atoms with E-state index < -0.39 is 0 Å². The van der Waals surface area contributed by atoms with Crippen LogP contribution in [0.25, 0.3) is 0 Å². The van der Waals surface area contributed by atoms with Gasteiger partial charge in [-0.2, -0.15) is 0 Å². The second-order valence-electron chi connectivity index (χ2n) is 5.67. The number of hydrogen-bond donors (Lipinski definition) is 3. The molecule has 0 aliphatic heterocycles. The molecule has 0 aromatic heterocycles. The number of hydroxylamine groups is 1. The molecule has 0 unspecified atom stereocenters. The van der Waals surface area contributed by atoms with Gasteiger partial charge < -0.3 is 5.73 Å². The number of unbranched alkanes of at least 4 members (excludes halogenated alkanes) is 12. The number of nitrogens with one attached hydrogen (secondary N) is 1. The monoisotopic (exact) mass is 286 g/mol. The molecule has 4 heteroatoms. The highest BCUT2D eigenvalue weighted by atomic mass is 16.5. The van der Waals surface area contributed by atoms with Crippen LogP contribution in [0.3, 0.4) is 0 Å². The minimum absolute atomic E-state index is 0.267. The Bertz CT molecular complexity index is 211. The fourth-order valence-corrected chi connectivity index (χ4v) is 2.43. The maximum atomic E-state index is 10.8. The number of amides is 1. The SMILES string of the molecule is NCCCCCCCCCCCCCCCC(=O)NO. The van der Waals surface area contributed by atoms with Crippen LogP contribution in [-0.4, -0.2) is 17.7 Å². The predicted molar refractivity (Wildman–Crippen MR) is 83.6 cm³/mol. The summed E-state index contributed by atoms with van der Waals surface area (Å²) in [7, 11) is 0. The maximum Gasteiger partial charge on any atom is 0.243 e. The van der Waals surface area contributed by atoms with Crippen molar-refractivity contribution in [2.75, 3.05) is 6.54 Å². The van der Waals surface area contributed by atoms with Gasteiger partial charge >= 0.3 is 0 Å². The molecule has 0 bridgehead atoms. The molecule has 0 fully saturated rings. The van der Waals surface area contributed by atoms with E-state index in [-0.39, 0.29) is 5.91 Å². The standard InChI is InChI=1S/C16H34N2O2/c17-15-13-11-9-7-5-3-1-2-4-6-8-10-12-14-16(19)18-20/h20H,1-15,17H2,(H,18,19). The number of hydrogen-bond acceptors (Lipinski definition) is 3. The summed E-state index contributed by atoms with van der Waals surface area (Å²) >= 11 is 0. The summed E-state index contributed by atoms with van der Waals surface area (Å²) < 4.78 is 0. The van der Waals surface area contributed by atoms with Crippen LogP contribution in [0.5, 0.6) is 0 Å². The molecule has 0 saturated carbocycles. The van der Waals surface area contributed by atoms with Gasteiger partial charge in [-0.3, -0.25) is 10.0 Å². The van der Waals surface area contributed by atoms with Crippen molar-refractivity contribution in [3.8, 4) is 0 Å². The van der Waals surface area contributed by atoms with Gasteiger partial charge in [-0.1, -0.05) is 70.6 Å². The van der Waals surface area contributed by atoms with Gasteiger partial charge in [-0.05, 0) is 19.4 Å². The molecule has 4 nitrogen and oxygen atoms in total. The molecule has 1 amide bonds. The maximum absolute atomic E-state index is 10.8. The fourth-order valence-electron chi connectivity index (χ4n) is 2.43. The first-order valence-electron chi connectivity index (χ1n) is 8.44. The molecule has 0 aromatic rings. The van der Waals surface area contributed by atoms with Crippen molar-refractivity contribution in [3.63, 3.8) is 0 Å². The predicted octanol–water partition coefficient (Wildman–Crippen LogP) is 3.91. The van der Waals surface area contributed by atoms with Crippen LogP contribution in [0, 0.1) is 0 Å². The highest BCUT2D eigenvalue weighted by molar-refractivity contribution is 5.74. The first-order valence-corrected chi connectivity index (χ1v) is 8.44. The van der Waals surface area contributed by atoms with E-state index in [2.05, 4.69) is 0 Å². The number of carbonyl (C=O) groups excluding carboxylic acids is 1. The highest BCUT2D eigenvalue weighted by Crippen LogP contribution is 2.12. The van der Waals surface area contributed by atoms with E-state index >= 15 is 0 Å². The van der Waals surface area contributed by atoms with Gasteiger partial charge in [-0.15, -0.1) is 0 Å². The topological polar surface area (TPSA) is 75.4 Å². The molecule has 0 spiro atoms. The van der Waals surface area contributed by atoms with E-state index in [0.717, 1.165) is 19.4 Å². The average Bonchev–Trinajstić information content (AvgIpc) is 2.47. The normalized spacial score (nSPS) is 10.7.